The van der Waals surface area contributed by atoms with Crippen molar-refractivity contribution in [1.29, 1.82) is 0 Å². The largest absolute Gasteiger partial charge is 0.355 e. The average Bonchev–Trinajstić information content (AvgIpc) is 2.77. The van der Waals surface area contributed by atoms with E-state index in [4.69, 9.17) is 23.2 Å². The number of carbonyl (C=O) groups is 2. The van der Waals surface area contributed by atoms with Crippen molar-refractivity contribution in [3.8, 4) is 0 Å². The number of carbonyl (C=O) groups excluding carboxylic acids is 2. The number of anilines is 1. The topological polar surface area (TPSA) is 86.8 Å². The molecule has 0 fully saturated rings. The standard InChI is InChI=1S/C23H29Cl2N3O4S/c1-4-19(23(30)26-5-2)27(15-14-17-10-7-6-8-11-17)21(29)16-28(33(3,31)32)20-13-9-12-18(24)22(20)25/h6-13,19H,4-5,14-16H2,1-3H3,(H,26,30)/t19-/m1/s1. The fourth-order valence-corrected chi connectivity index (χ4v) is 4.77. The molecule has 0 saturated heterocycles. The summed E-state index contributed by atoms with van der Waals surface area (Å²) in [4.78, 5) is 27.6. The van der Waals surface area contributed by atoms with E-state index in [1.54, 1.807) is 13.0 Å². The van der Waals surface area contributed by atoms with Crippen LogP contribution in [-0.2, 0) is 26.0 Å². The fraction of sp³-hybridized carbons (Fsp3) is 0.391. The summed E-state index contributed by atoms with van der Waals surface area (Å²) in [6, 6.07) is 13.4. The molecule has 1 N–H and O–H groups in total. The lowest BCUT2D eigenvalue weighted by Gasteiger charge is -2.33. The maximum atomic E-state index is 13.5. The first-order valence-electron chi connectivity index (χ1n) is 10.6. The van der Waals surface area contributed by atoms with E-state index in [-0.39, 0.29) is 28.2 Å². The Morgan fingerprint density at radius 1 is 1.03 bits per heavy atom. The van der Waals surface area contributed by atoms with Crippen LogP contribution in [0.5, 0.6) is 0 Å². The first-order chi connectivity index (χ1) is 15.6. The Balaban J connectivity index is 2.39. The Kier molecular flexibility index (Phi) is 10.0. The summed E-state index contributed by atoms with van der Waals surface area (Å²) in [5.41, 5.74) is 1.10. The van der Waals surface area contributed by atoms with Crippen LogP contribution in [-0.4, -0.2) is 57.1 Å². The monoisotopic (exact) mass is 513 g/mol. The predicted octanol–water partition coefficient (Wildman–Crippen LogP) is 3.75. The van der Waals surface area contributed by atoms with Gasteiger partial charge in [0.25, 0.3) is 0 Å². The van der Waals surface area contributed by atoms with Crippen molar-refractivity contribution in [2.75, 3.05) is 30.2 Å². The first-order valence-corrected chi connectivity index (χ1v) is 13.2. The zero-order valence-corrected chi connectivity index (χ0v) is 21.3. The molecule has 0 aliphatic heterocycles. The van der Waals surface area contributed by atoms with Gasteiger partial charge in [-0.3, -0.25) is 13.9 Å². The Hall–Kier alpha value is -2.29. The molecule has 1 atom stereocenters. The smallest absolute Gasteiger partial charge is 0.244 e. The Morgan fingerprint density at radius 2 is 1.70 bits per heavy atom. The molecule has 0 heterocycles. The molecule has 0 spiro atoms. The predicted molar refractivity (Wildman–Crippen MR) is 133 cm³/mol. The quantitative estimate of drug-likeness (QED) is 0.495. The number of hydrogen-bond donors (Lipinski definition) is 1. The molecule has 180 valence electrons. The van der Waals surface area contributed by atoms with Crippen molar-refractivity contribution >= 4 is 50.7 Å². The lowest BCUT2D eigenvalue weighted by atomic mass is 10.1. The lowest BCUT2D eigenvalue weighted by molar-refractivity contribution is -0.139. The minimum absolute atomic E-state index is 0.0315. The van der Waals surface area contributed by atoms with Crippen LogP contribution in [0, 0.1) is 0 Å². The van der Waals surface area contributed by atoms with Crippen LogP contribution in [0.2, 0.25) is 10.0 Å². The number of hydrogen-bond acceptors (Lipinski definition) is 4. The third-order valence-electron chi connectivity index (χ3n) is 5.10. The molecule has 0 bridgehead atoms. The van der Waals surface area contributed by atoms with E-state index in [2.05, 4.69) is 5.32 Å². The van der Waals surface area contributed by atoms with Gasteiger partial charge < -0.3 is 10.2 Å². The summed E-state index contributed by atoms with van der Waals surface area (Å²) < 4.78 is 26.1. The molecular formula is C23H29Cl2N3O4S. The zero-order chi connectivity index (χ0) is 24.6. The molecule has 0 aliphatic carbocycles. The maximum absolute atomic E-state index is 13.5. The molecule has 2 rings (SSSR count). The Bertz CT molecular complexity index is 1060. The fourth-order valence-electron chi connectivity index (χ4n) is 3.47. The van der Waals surface area contributed by atoms with Crippen LogP contribution in [0.1, 0.15) is 25.8 Å². The van der Waals surface area contributed by atoms with Gasteiger partial charge in [0.05, 0.1) is 22.0 Å². The highest BCUT2D eigenvalue weighted by molar-refractivity contribution is 7.92. The van der Waals surface area contributed by atoms with Crippen molar-refractivity contribution in [2.45, 2.75) is 32.7 Å². The molecule has 0 aliphatic rings. The first kappa shape index (κ1) is 27.0. The average molecular weight is 514 g/mol. The number of nitrogens with one attached hydrogen (secondary N) is 1. The molecule has 10 heteroatoms. The van der Waals surface area contributed by atoms with Crippen LogP contribution in [0.25, 0.3) is 0 Å². The lowest BCUT2D eigenvalue weighted by Crippen LogP contribution is -2.53. The van der Waals surface area contributed by atoms with Gasteiger partial charge >= 0.3 is 0 Å². The number of benzene rings is 2. The molecular weight excluding hydrogens is 485 g/mol. The van der Waals surface area contributed by atoms with Gasteiger partial charge in [-0.15, -0.1) is 0 Å². The van der Waals surface area contributed by atoms with E-state index < -0.39 is 28.5 Å². The van der Waals surface area contributed by atoms with Gasteiger partial charge in [-0.25, -0.2) is 8.42 Å². The number of nitrogens with zero attached hydrogens (tertiary/aromatic N) is 2. The van der Waals surface area contributed by atoms with E-state index in [1.807, 2.05) is 37.3 Å². The van der Waals surface area contributed by atoms with Gasteiger partial charge in [0.1, 0.15) is 12.6 Å². The van der Waals surface area contributed by atoms with E-state index in [1.165, 1.54) is 17.0 Å². The van der Waals surface area contributed by atoms with Crippen molar-refractivity contribution in [2.24, 2.45) is 0 Å². The molecule has 2 amide bonds. The van der Waals surface area contributed by atoms with E-state index in [9.17, 15) is 18.0 Å². The summed E-state index contributed by atoms with van der Waals surface area (Å²) >= 11 is 12.3. The SMILES string of the molecule is CCNC(=O)[C@@H](CC)N(CCc1ccccc1)C(=O)CN(c1cccc(Cl)c1Cl)S(C)(=O)=O. The summed E-state index contributed by atoms with van der Waals surface area (Å²) in [6.07, 6.45) is 1.88. The number of amides is 2. The second-order valence-electron chi connectivity index (χ2n) is 7.48. The zero-order valence-electron chi connectivity index (χ0n) is 18.9. The minimum atomic E-state index is -3.87. The molecule has 0 unspecified atom stereocenters. The van der Waals surface area contributed by atoms with Gasteiger partial charge in [-0.2, -0.15) is 0 Å². The third kappa shape index (κ3) is 7.35. The summed E-state index contributed by atoms with van der Waals surface area (Å²) in [6.45, 7) is 3.77. The molecule has 0 saturated carbocycles. The molecule has 7 nitrogen and oxygen atoms in total. The highest BCUT2D eigenvalue weighted by atomic mass is 35.5. The molecule has 2 aromatic rings. The van der Waals surface area contributed by atoms with E-state index in [0.29, 0.717) is 19.4 Å². The highest BCUT2D eigenvalue weighted by Crippen LogP contribution is 2.33. The summed E-state index contributed by atoms with van der Waals surface area (Å²) in [5.74, 6) is -0.793. The molecule has 0 radical (unpaired) electrons. The molecule has 2 aromatic carbocycles. The Labute approximate surface area is 205 Å². The van der Waals surface area contributed by atoms with Crippen LogP contribution in [0.3, 0.4) is 0 Å². The minimum Gasteiger partial charge on any atom is -0.355 e. The number of rotatable bonds is 11. The Morgan fingerprint density at radius 3 is 2.27 bits per heavy atom. The van der Waals surface area contributed by atoms with E-state index in [0.717, 1.165) is 16.1 Å². The maximum Gasteiger partial charge on any atom is 0.244 e. The van der Waals surface area contributed by atoms with Crippen LogP contribution in [0.15, 0.2) is 48.5 Å². The van der Waals surface area contributed by atoms with Gasteiger partial charge in [0, 0.05) is 13.1 Å². The van der Waals surface area contributed by atoms with Crippen molar-refractivity contribution < 1.29 is 18.0 Å². The van der Waals surface area contributed by atoms with E-state index >= 15 is 0 Å². The van der Waals surface area contributed by atoms with Gasteiger partial charge in [0.15, 0.2) is 0 Å². The number of likely N-dealkylation sites (N-methyl/N-ethyl adjacent to an activating group) is 1. The summed E-state index contributed by atoms with van der Waals surface area (Å²) in [5, 5.41) is 2.96. The highest BCUT2D eigenvalue weighted by Gasteiger charge is 2.32. The number of sulfonamides is 1. The molecule has 0 aromatic heterocycles. The second kappa shape index (κ2) is 12.3. The van der Waals surface area contributed by atoms with Crippen LogP contribution >= 0.6 is 23.2 Å². The van der Waals surface area contributed by atoms with Crippen molar-refractivity contribution in [3.63, 3.8) is 0 Å². The summed E-state index contributed by atoms with van der Waals surface area (Å²) in [7, 11) is -3.87. The van der Waals surface area contributed by atoms with Gasteiger partial charge in [0.2, 0.25) is 21.8 Å². The van der Waals surface area contributed by atoms with Gasteiger partial charge in [-0.05, 0) is 37.5 Å². The van der Waals surface area contributed by atoms with Crippen molar-refractivity contribution in [3.05, 3.63) is 64.1 Å². The third-order valence-corrected chi connectivity index (χ3v) is 7.04. The van der Waals surface area contributed by atoms with Crippen LogP contribution in [0.4, 0.5) is 5.69 Å². The second-order valence-corrected chi connectivity index (χ2v) is 10.2. The normalized spacial score (nSPS) is 12.2. The molecule has 33 heavy (non-hydrogen) atoms. The van der Waals surface area contributed by atoms with Crippen LogP contribution < -0.4 is 9.62 Å². The van der Waals surface area contributed by atoms with Crippen molar-refractivity contribution in [1.82, 2.24) is 10.2 Å². The van der Waals surface area contributed by atoms with Gasteiger partial charge in [-0.1, -0.05) is 66.5 Å². The number of halogens is 2.